The van der Waals surface area contributed by atoms with E-state index < -0.39 is 30.3 Å². The summed E-state index contributed by atoms with van der Waals surface area (Å²) in [5.74, 6) is -0.390. The van der Waals surface area contributed by atoms with Crippen LogP contribution in [0.1, 0.15) is 45.6 Å². The van der Waals surface area contributed by atoms with Gasteiger partial charge >= 0.3 is 0 Å². The molecule has 0 spiro atoms. The molecule has 0 radical (unpaired) electrons. The number of aliphatic hydroxyl groups is 2. The Morgan fingerprint density at radius 3 is 2.54 bits per heavy atom. The van der Waals surface area contributed by atoms with Crippen LogP contribution in [0.25, 0.3) is 0 Å². The SMILES string of the molecule is COc1cc2cc(c1Cl)N(C)C(=O)CC[C@@H](C)C(O)[C@H](C)C(O)CC(NC=O)C(OC)/C=C/C=C(\C)C2. The fourth-order valence-electron chi connectivity index (χ4n) is 4.65. The summed E-state index contributed by atoms with van der Waals surface area (Å²) in [6.45, 7) is 5.61. The maximum Gasteiger partial charge on any atom is 0.226 e. The number of nitrogens with zero attached hydrogens (tertiary/aromatic N) is 1. The van der Waals surface area contributed by atoms with E-state index >= 15 is 0 Å². The van der Waals surface area contributed by atoms with E-state index in [-0.39, 0.29) is 24.7 Å². The first-order valence-corrected chi connectivity index (χ1v) is 13.0. The quantitative estimate of drug-likeness (QED) is 0.507. The molecule has 2 bridgehead atoms. The fraction of sp³-hybridized carbons (Fsp3) is 0.571. The van der Waals surface area contributed by atoms with Crippen LogP contribution in [0.5, 0.6) is 5.75 Å². The third-order valence-electron chi connectivity index (χ3n) is 7.19. The molecule has 8 nitrogen and oxygen atoms in total. The van der Waals surface area contributed by atoms with Crippen LogP contribution < -0.4 is 15.0 Å². The highest BCUT2D eigenvalue weighted by Gasteiger charge is 2.31. The number of carbonyl (C=O) groups is 2. The number of nitrogens with one attached hydrogen (secondary N) is 1. The average Bonchev–Trinajstić information content (AvgIpc) is 2.88. The number of ether oxygens (including phenoxy) is 2. The van der Waals surface area contributed by atoms with Gasteiger partial charge < -0.3 is 29.9 Å². The van der Waals surface area contributed by atoms with E-state index in [0.717, 1.165) is 11.1 Å². The summed E-state index contributed by atoms with van der Waals surface area (Å²) in [6, 6.07) is 3.25. The third-order valence-corrected chi connectivity index (χ3v) is 7.57. The van der Waals surface area contributed by atoms with Gasteiger partial charge in [0.15, 0.2) is 0 Å². The van der Waals surface area contributed by atoms with Gasteiger partial charge in [0.05, 0.1) is 37.2 Å². The zero-order chi connectivity index (χ0) is 27.7. The smallest absolute Gasteiger partial charge is 0.226 e. The van der Waals surface area contributed by atoms with Gasteiger partial charge in [-0.05, 0) is 49.8 Å². The van der Waals surface area contributed by atoms with Crippen molar-refractivity contribution in [2.24, 2.45) is 11.8 Å². The van der Waals surface area contributed by atoms with Crippen molar-refractivity contribution >= 4 is 29.6 Å². The number of rotatable bonds is 4. The second-order valence-corrected chi connectivity index (χ2v) is 10.3. The zero-order valence-corrected chi connectivity index (χ0v) is 23.4. The Morgan fingerprint density at radius 2 is 1.92 bits per heavy atom. The lowest BCUT2D eigenvalue weighted by Gasteiger charge is -2.32. The molecule has 37 heavy (non-hydrogen) atoms. The molecule has 0 fully saturated rings. The molecule has 2 amide bonds. The number of hydrogen-bond acceptors (Lipinski definition) is 6. The molecule has 3 N–H and O–H groups in total. The number of methoxy groups -OCH3 is 2. The summed E-state index contributed by atoms with van der Waals surface area (Å²) in [4.78, 5) is 25.9. The molecule has 1 aromatic carbocycles. The normalized spacial score (nSPS) is 30.8. The Bertz CT molecular complexity index is 982. The van der Waals surface area contributed by atoms with Crippen LogP contribution in [0.3, 0.4) is 0 Å². The fourth-order valence-corrected chi connectivity index (χ4v) is 4.96. The highest BCUT2D eigenvalue weighted by molar-refractivity contribution is 6.35. The topological polar surface area (TPSA) is 108 Å². The predicted molar refractivity (Wildman–Crippen MR) is 146 cm³/mol. The van der Waals surface area contributed by atoms with Gasteiger partial charge in [-0.3, -0.25) is 9.59 Å². The lowest BCUT2D eigenvalue weighted by atomic mass is 9.84. The van der Waals surface area contributed by atoms with Crippen molar-refractivity contribution in [2.45, 2.75) is 70.8 Å². The van der Waals surface area contributed by atoms with E-state index in [9.17, 15) is 19.8 Å². The Hall–Kier alpha value is -2.39. The minimum absolute atomic E-state index is 0.139. The molecule has 0 aromatic heterocycles. The molecule has 6 atom stereocenters. The van der Waals surface area contributed by atoms with Crippen LogP contribution in [0.15, 0.2) is 35.9 Å². The van der Waals surface area contributed by atoms with Crippen molar-refractivity contribution < 1.29 is 29.3 Å². The summed E-state index contributed by atoms with van der Waals surface area (Å²) in [5.41, 5.74) is 2.53. The molecule has 1 aliphatic rings. The van der Waals surface area contributed by atoms with Gasteiger partial charge in [-0.15, -0.1) is 0 Å². The van der Waals surface area contributed by atoms with Crippen LogP contribution >= 0.6 is 11.6 Å². The highest BCUT2D eigenvalue weighted by Crippen LogP contribution is 2.37. The molecule has 1 aromatic rings. The molecule has 9 heteroatoms. The molecule has 0 aliphatic carbocycles. The number of aliphatic hydroxyl groups excluding tert-OH is 2. The first kappa shape index (κ1) is 30.8. The number of anilines is 1. The van der Waals surface area contributed by atoms with Gasteiger partial charge in [-0.2, -0.15) is 0 Å². The van der Waals surface area contributed by atoms with Gasteiger partial charge in [0.25, 0.3) is 0 Å². The van der Waals surface area contributed by atoms with E-state index in [1.807, 2.05) is 44.2 Å². The molecule has 0 saturated carbocycles. The Morgan fingerprint density at radius 1 is 1.22 bits per heavy atom. The van der Waals surface area contributed by atoms with Crippen molar-refractivity contribution in [3.63, 3.8) is 0 Å². The van der Waals surface area contributed by atoms with Crippen molar-refractivity contribution in [1.29, 1.82) is 0 Å². The first-order chi connectivity index (χ1) is 17.5. The third kappa shape index (κ3) is 8.30. The monoisotopic (exact) mass is 536 g/mol. The molecule has 1 aliphatic heterocycles. The largest absolute Gasteiger partial charge is 0.495 e. The Kier molecular flexibility index (Phi) is 12.1. The molecule has 2 rings (SSSR count). The number of halogens is 1. The zero-order valence-electron chi connectivity index (χ0n) is 22.6. The molecule has 206 valence electrons. The average molecular weight is 537 g/mol. The molecule has 1 heterocycles. The summed E-state index contributed by atoms with van der Waals surface area (Å²) >= 11 is 6.57. The lowest BCUT2D eigenvalue weighted by Crippen LogP contribution is -2.45. The van der Waals surface area contributed by atoms with Gasteiger partial charge in [0.2, 0.25) is 12.3 Å². The lowest BCUT2D eigenvalue weighted by molar-refractivity contribution is -0.118. The predicted octanol–water partition coefficient (Wildman–Crippen LogP) is 3.66. The first-order valence-electron chi connectivity index (χ1n) is 12.6. The number of fused-ring (bicyclic) bond motifs is 2. The summed E-state index contributed by atoms with van der Waals surface area (Å²) in [7, 11) is 4.76. The van der Waals surface area contributed by atoms with Gasteiger partial charge in [-0.1, -0.05) is 49.2 Å². The maximum absolute atomic E-state index is 13.1. The van der Waals surface area contributed by atoms with Crippen LogP contribution in [0.4, 0.5) is 5.69 Å². The van der Waals surface area contributed by atoms with Gasteiger partial charge in [0, 0.05) is 26.5 Å². The van der Waals surface area contributed by atoms with Gasteiger partial charge in [0.1, 0.15) is 10.8 Å². The molecular formula is C28H41ClN2O6. The van der Waals surface area contributed by atoms with Crippen LogP contribution in [-0.4, -0.2) is 68.2 Å². The van der Waals surface area contributed by atoms with E-state index in [2.05, 4.69) is 5.32 Å². The summed E-state index contributed by atoms with van der Waals surface area (Å²) < 4.78 is 11.1. The van der Waals surface area contributed by atoms with Gasteiger partial charge in [-0.25, -0.2) is 0 Å². The Balaban J connectivity index is 2.50. The molecule has 4 unspecified atom stereocenters. The van der Waals surface area contributed by atoms with Crippen LogP contribution in [0.2, 0.25) is 5.02 Å². The van der Waals surface area contributed by atoms with E-state index in [4.69, 9.17) is 21.1 Å². The number of hydrogen-bond donors (Lipinski definition) is 3. The maximum atomic E-state index is 13.1. The number of amides is 2. The van der Waals surface area contributed by atoms with Crippen molar-refractivity contribution in [1.82, 2.24) is 5.32 Å². The van der Waals surface area contributed by atoms with Crippen molar-refractivity contribution in [2.75, 3.05) is 26.2 Å². The second-order valence-electron chi connectivity index (χ2n) is 9.92. The van der Waals surface area contributed by atoms with Crippen molar-refractivity contribution in [3.8, 4) is 5.75 Å². The molecular weight excluding hydrogens is 496 g/mol. The van der Waals surface area contributed by atoms with E-state index in [1.165, 1.54) is 12.0 Å². The highest BCUT2D eigenvalue weighted by atomic mass is 35.5. The minimum atomic E-state index is -0.897. The number of allylic oxidation sites excluding steroid dienone is 3. The minimum Gasteiger partial charge on any atom is -0.495 e. The Labute approximate surface area is 225 Å². The molecule has 0 saturated heterocycles. The van der Waals surface area contributed by atoms with Crippen molar-refractivity contribution in [3.05, 3.63) is 46.5 Å². The number of benzene rings is 1. The summed E-state index contributed by atoms with van der Waals surface area (Å²) in [6.07, 6.45) is 5.41. The van der Waals surface area contributed by atoms with Crippen LogP contribution in [-0.2, 0) is 20.7 Å². The number of carbonyl (C=O) groups excluding carboxylic acids is 2. The second kappa shape index (κ2) is 14.5. The summed E-state index contributed by atoms with van der Waals surface area (Å²) in [5, 5.41) is 24.9. The standard InChI is InChI=1S/C28H41ClN2O6/c1-17-8-7-9-24(36-5)21(30-16-32)15-23(33)19(3)28(35)18(2)10-11-26(34)31(4)22-13-20(12-17)14-25(37-6)27(22)29/h7-9,13-14,16,18-19,21,23-24,28,33,35H,10-12,15H2,1-6H3,(H,30,32)/b9-7+,17-8+/t18-,19-,21?,23?,24?,28?/m1/s1. The van der Waals surface area contributed by atoms with E-state index in [0.29, 0.717) is 35.7 Å². The van der Waals surface area contributed by atoms with Crippen LogP contribution in [0, 0.1) is 11.8 Å². The van der Waals surface area contributed by atoms with E-state index in [1.54, 1.807) is 21.1 Å².